The molecule has 0 unspecified atom stereocenters. The Bertz CT molecular complexity index is 3.90. The molecule has 0 amide bonds. The summed E-state index contributed by atoms with van der Waals surface area (Å²) < 4.78 is 0. The van der Waals surface area contributed by atoms with Crippen LogP contribution in [0.1, 0.15) is 0 Å². The topological polar surface area (TPSA) is 0 Å². The van der Waals surface area contributed by atoms with E-state index in [1.807, 2.05) is 0 Å². The zero-order chi connectivity index (χ0) is 0. The molecule has 0 heterocycles. The fraction of sp³-hybridized carbons (Fsp3) is 0. The summed E-state index contributed by atoms with van der Waals surface area (Å²) in [5.41, 5.74) is 0. The predicted molar refractivity (Wildman–Crippen MR) is 35.7 cm³/mol. The molecule has 0 aromatic heterocycles. The van der Waals surface area contributed by atoms with Crippen molar-refractivity contribution in [3.63, 3.8) is 0 Å². The Morgan fingerprint density at radius 2 is 0.333 bits per heavy atom. The maximum absolute atomic E-state index is 0. The van der Waals surface area contributed by atoms with Gasteiger partial charge in [-0.15, -0.1) is 0 Å². The van der Waals surface area contributed by atoms with Crippen LogP contribution in [0.25, 0.3) is 0 Å². The Kier molecular flexibility index (Phi) is 218. The van der Waals surface area contributed by atoms with Gasteiger partial charge in [-0.3, -0.25) is 0 Å². The first kappa shape index (κ1) is 41.8. The van der Waals surface area contributed by atoms with Crippen LogP contribution in [0.15, 0.2) is 0 Å². The van der Waals surface area contributed by atoms with Crippen LogP contribution in [-0.2, 0) is 17.1 Å². The van der Waals surface area contributed by atoms with Crippen LogP contribution in [0, 0.1) is 0 Å². The Hall–Kier alpha value is 5.52. The minimum atomic E-state index is 0. The molecule has 0 aliphatic carbocycles. The zero-order valence-corrected chi connectivity index (χ0v) is 1.24. The van der Waals surface area contributed by atoms with E-state index in [1.165, 1.54) is 0 Å². The molecule has 0 aromatic carbocycles. The molecule has 0 aliphatic heterocycles. The SMILES string of the molecule is [Cu].[NaH].[NaH].[NaH].[NaH].[NaH]. The van der Waals surface area contributed by atoms with Gasteiger partial charge in [0.25, 0.3) is 0 Å². The zero-order valence-electron chi connectivity index (χ0n) is 0.302. The third-order valence-electron chi connectivity index (χ3n) is 0. The minimum absolute atomic E-state index is 0. The van der Waals surface area contributed by atoms with Gasteiger partial charge >= 0.3 is 148 Å². The van der Waals surface area contributed by atoms with Crippen molar-refractivity contribution in [2.75, 3.05) is 0 Å². The van der Waals surface area contributed by atoms with E-state index in [0.29, 0.717) is 0 Å². The maximum atomic E-state index is 0. The van der Waals surface area contributed by atoms with Gasteiger partial charge in [0.2, 0.25) is 0 Å². The van der Waals surface area contributed by atoms with E-state index in [4.69, 9.17) is 0 Å². The van der Waals surface area contributed by atoms with E-state index in [-0.39, 0.29) is 165 Å². The Labute approximate surface area is 160 Å². The first-order valence-electron chi connectivity index (χ1n) is 0. The fourth-order valence-electron chi connectivity index (χ4n) is 0. The molecular formula is H5CuNa5. The number of hydrogen-bond acceptors (Lipinski definition) is 0. The molecule has 0 saturated heterocycles. The second-order valence-electron chi connectivity index (χ2n) is 0. The van der Waals surface area contributed by atoms with Gasteiger partial charge in [-0.2, -0.15) is 0 Å². The molecule has 1 radical (unpaired) electrons. The van der Waals surface area contributed by atoms with Crippen LogP contribution in [0.5, 0.6) is 0 Å². The standard InChI is InChI=1S/Cu.5Na.5H. The Morgan fingerprint density at radius 3 is 0.333 bits per heavy atom. The molecule has 0 aliphatic rings. The number of rotatable bonds is 0. The normalized spacial score (nSPS) is 0. The van der Waals surface area contributed by atoms with Crippen molar-refractivity contribution in [2.24, 2.45) is 0 Å². The molecule has 0 fully saturated rings. The third-order valence-corrected chi connectivity index (χ3v) is 0. The molecule has 0 nitrogen and oxygen atoms in total. The first-order chi connectivity index (χ1) is 0. The van der Waals surface area contributed by atoms with Crippen molar-refractivity contribution in [3.8, 4) is 0 Å². The van der Waals surface area contributed by atoms with Gasteiger partial charge in [-0.1, -0.05) is 0 Å². The van der Waals surface area contributed by atoms with Gasteiger partial charge in [0, 0.05) is 17.1 Å². The van der Waals surface area contributed by atoms with Gasteiger partial charge < -0.3 is 0 Å². The molecule has 0 atom stereocenters. The predicted octanol–water partition coefficient (Wildman–Crippen LogP) is -3.25. The van der Waals surface area contributed by atoms with Crippen molar-refractivity contribution in [2.45, 2.75) is 0 Å². The second kappa shape index (κ2) is 31.3. The Morgan fingerprint density at radius 1 is 0.333 bits per heavy atom. The second-order valence-corrected chi connectivity index (χ2v) is 0. The van der Waals surface area contributed by atoms with E-state index < -0.39 is 0 Å². The molecule has 0 N–H and O–H groups in total. The molecule has 0 rings (SSSR count). The van der Waals surface area contributed by atoms with Crippen LogP contribution in [0.4, 0.5) is 0 Å². The van der Waals surface area contributed by atoms with Crippen LogP contribution in [-0.4, -0.2) is 148 Å². The average molecular weight is 184 g/mol. The van der Waals surface area contributed by atoms with Crippen molar-refractivity contribution in [1.82, 2.24) is 0 Å². The van der Waals surface area contributed by atoms with E-state index in [0.717, 1.165) is 0 Å². The fourth-order valence-corrected chi connectivity index (χ4v) is 0. The van der Waals surface area contributed by atoms with E-state index in [1.54, 1.807) is 0 Å². The van der Waals surface area contributed by atoms with Crippen molar-refractivity contribution in [1.29, 1.82) is 0 Å². The molecule has 21 valence electrons. The molecule has 0 spiro atoms. The van der Waals surface area contributed by atoms with Gasteiger partial charge in [-0.25, -0.2) is 0 Å². The van der Waals surface area contributed by atoms with Crippen molar-refractivity contribution < 1.29 is 17.1 Å². The average Bonchev–Trinajstić information content (AvgIpc) is 0. The summed E-state index contributed by atoms with van der Waals surface area (Å²) in [7, 11) is 0. The first-order valence-corrected chi connectivity index (χ1v) is 0. The molecular weight excluding hydrogens is 178 g/mol. The molecule has 0 aromatic rings. The van der Waals surface area contributed by atoms with Crippen LogP contribution < -0.4 is 0 Å². The van der Waals surface area contributed by atoms with E-state index >= 15 is 0 Å². The summed E-state index contributed by atoms with van der Waals surface area (Å²) in [4.78, 5) is 0. The molecule has 0 bridgehead atoms. The quantitative estimate of drug-likeness (QED) is 0.346. The van der Waals surface area contributed by atoms with Gasteiger partial charge in [-0.05, 0) is 0 Å². The van der Waals surface area contributed by atoms with E-state index in [2.05, 4.69) is 0 Å². The van der Waals surface area contributed by atoms with Crippen molar-refractivity contribution in [3.05, 3.63) is 0 Å². The summed E-state index contributed by atoms with van der Waals surface area (Å²) in [5, 5.41) is 0. The van der Waals surface area contributed by atoms with Crippen LogP contribution >= 0.6 is 0 Å². The third kappa shape index (κ3) is 22.7. The summed E-state index contributed by atoms with van der Waals surface area (Å²) in [5.74, 6) is 0. The summed E-state index contributed by atoms with van der Waals surface area (Å²) in [6.45, 7) is 0. The van der Waals surface area contributed by atoms with E-state index in [9.17, 15) is 0 Å². The monoisotopic (exact) mass is 183 g/mol. The van der Waals surface area contributed by atoms with Crippen LogP contribution in [0.2, 0.25) is 0 Å². The molecule has 0 saturated carbocycles. The summed E-state index contributed by atoms with van der Waals surface area (Å²) >= 11 is 0. The van der Waals surface area contributed by atoms with Gasteiger partial charge in [0.05, 0.1) is 0 Å². The molecule has 6 heavy (non-hydrogen) atoms. The number of hydrogen-bond donors (Lipinski definition) is 0. The van der Waals surface area contributed by atoms with Crippen molar-refractivity contribution >= 4 is 148 Å². The van der Waals surface area contributed by atoms with Gasteiger partial charge in [0.15, 0.2) is 0 Å². The summed E-state index contributed by atoms with van der Waals surface area (Å²) in [6.07, 6.45) is 0. The summed E-state index contributed by atoms with van der Waals surface area (Å²) in [6, 6.07) is 0. The Balaban J connectivity index is 0. The van der Waals surface area contributed by atoms with Crippen LogP contribution in [0.3, 0.4) is 0 Å². The molecule has 6 heteroatoms. The van der Waals surface area contributed by atoms with Gasteiger partial charge in [0.1, 0.15) is 0 Å².